The van der Waals surface area contributed by atoms with Gasteiger partial charge in [0.2, 0.25) is 0 Å². The molecule has 0 aliphatic rings. The number of nitrogens with zero attached hydrogens (tertiary/aromatic N) is 2. The van der Waals surface area contributed by atoms with Crippen LogP contribution in [0.1, 0.15) is 68.3 Å². The molecule has 1 heterocycles. The van der Waals surface area contributed by atoms with E-state index >= 15 is 0 Å². The van der Waals surface area contributed by atoms with Crippen LogP contribution in [0.3, 0.4) is 0 Å². The maximum absolute atomic E-state index is 13.1. The number of rotatable bonds is 8. The van der Waals surface area contributed by atoms with Gasteiger partial charge in [0.25, 0.3) is 5.91 Å². The van der Waals surface area contributed by atoms with Gasteiger partial charge in [0.1, 0.15) is 5.69 Å². The summed E-state index contributed by atoms with van der Waals surface area (Å²) in [5, 5.41) is 0. The molecule has 2 aromatic rings. The van der Waals surface area contributed by atoms with Crippen LogP contribution in [-0.4, -0.2) is 46.8 Å². The molecular weight excluding hydrogens is 425 g/mol. The molecule has 1 amide bonds. The molecule has 0 saturated carbocycles. The largest absolute Gasteiger partial charge is 0.461 e. The molecule has 1 aromatic heterocycles. The molecule has 174 valence electrons. The number of amides is 1. The van der Waals surface area contributed by atoms with Gasteiger partial charge in [0.15, 0.2) is 5.78 Å². The Morgan fingerprint density at radius 3 is 2.16 bits per heavy atom. The van der Waals surface area contributed by atoms with E-state index in [1.165, 1.54) is 4.90 Å². The Morgan fingerprint density at radius 1 is 1.06 bits per heavy atom. The fourth-order valence-corrected chi connectivity index (χ4v) is 3.64. The van der Waals surface area contributed by atoms with Crippen molar-refractivity contribution in [1.29, 1.82) is 0 Å². The van der Waals surface area contributed by atoms with Crippen LogP contribution in [0.15, 0.2) is 24.3 Å². The van der Waals surface area contributed by atoms with Crippen LogP contribution >= 0.6 is 0 Å². The standard InChI is InChI=1S/C23H27F3N2O4/c1-6-12-28(21(30)16-8-10-17(11-9-16)23(24,25)26)13-18(29)19-14(3)20(22(31)32-7-2)27(5)15(19)4/h8-11H,6-7,12-13H2,1-5H3. The lowest BCUT2D eigenvalue weighted by Gasteiger charge is -2.22. The van der Waals surface area contributed by atoms with Crippen LogP contribution in [0, 0.1) is 13.8 Å². The highest BCUT2D eigenvalue weighted by atomic mass is 19.4. The van der Waals surface area contributed by atoms with E-state index in [4.69, 9.17) is 4.74 Å². The lowest BCUT2D eigenvalue weighted by atomic mass is 10.0. The Morgan fingerprint density at radius 2 is 1.66 bits per heavy atom. The molecule has 0 atom stereocenters. The molecule has 2 rings (SSSR count). The number of carbonyl (C=O) groups excluding carboxylic acids is 3. The highest BCUT2D eigenvalue weighted by Crippen LogP contribution is 2.29. The summed E-state index contributed by atoms with van der Waals surface area (Å²) >= 11 is 0. The van der Waals surface area contributed by atoms with Gasteiger partial charge in [-0.1, -0.05) is 6.92 Å². The third-order valence-corrected chi connectivity index (χ3v) is 5.25. The predicted molar refractivity (Wildman–Crippen MR) is 113 cm³/mol. The minimum atomic E-state index is -4.50. The average Bonchev–Trinajstić information content (AvgIpc) is 2.95. The molecule has 0 aliphatic carbocycles. The van der Waals surface area contributed by atoms with E-state index in [2.05, 4.69) is 0 Å². The Hall–Kier alpha value is -3.10. The SMILES string of the molecule is CCCN(CC(=O)c1c(C)c(C(=O)OCC)n(C)c1C)C(=O)c1ccc(C(F)(F)F)cc1. The van der Waals surface area contributed by atoms with Crippen LogP contribution in [-0.2, 0) is 18.0 Å². The second-order valence-corrected chi connectivity index (χ2v) is 7.44. The van der Waals surface area contributed by atoms with E-state index in [9.17, 15) is 27.6 Å². The number of esters is 1. The number of carbonyl (C=O) groups is 3. The Balaban J connectivity index is 2.32. The lowest BCUT2D eigenvalue weighted by molar-refractivity contribution is -0.137. The first kappa shape index (κ1) is 25.2. The molecule has 1 aromatic carbocycles. The fraction of sp³-hybridized carbons (Fsp3) is 0.435. The maximum atomic E-state index is 13.1. The van der Waals surface area contributed by atoms with Crippen LogP contribution in [0.5, 0.6) is 0 Å². The zero-order chi connectivity index (χ0) is 24.2. The normalized spacial score (nSPS) is 11.4. The van der Waals surface area contributed by atoms with Crippen molar-refractivity contribution in [2.24, 2.45) is 7.05 Å². The van der Waals surface area contributed by atoms with Crippen molar-refractivity contribution in [2.45, 2.75) is 40.3 Å². The van der Waals surface area contributed by atoms with E-state index < -0.39 is 23.6 Å². The summed E-state index contributed by atoms with van der Waals surface area (Å²) in [7, 11) is 1.66. The quantitative estimate of drug-likeness (QED) is 0.435. The van der Waals surface area contributed by atoms with Crippen molar-refractivity contribution >= 4 is 17.7 Å². The number of halogens is 3. The molecule has 0 spiro atoms. The van der Waals surface area contributed by atoms with E-state index in [0.717, 1.165) is 24.3 Å². The summed E-state index contributed by atoms with van der Waals surface area (Å²) in [6.07, 6.45) is -3.94. The highest BCUT2D eigenvalue weighted by molar-refractivity contribution is 6.06. The second kappa shape index (κ2) is 10.0. The first-order valence-electron chi connectivity index (χ1n) is 10.3. The van der Waals surface area contributed by atoms with Crippen molar-refractivity contribution in [2.75, 3.05) is 19.7 Å². The smallest absolute Gasteiger partial charge is 0.416 e. The van der Waals surface area contributed by atoms with Crippen molar-refractivity contribution in [1.82, 2.24) is 9.47 Å². The number of Topliss-reactive ketones (excluding diaryl/α,β-unsaturated/α-hetero) is 1. The Kier molecular flexibility index (Phi) is 7.87. The van der Waals surface area contributed by atoms with E-state index in [0.29, 0.717) is 23.2 Å². The third kappa shape index (κ3) is 5.20. The van der Waals surface area contributed by atoms with Crippen LogP contribution < -0.4 is 0 Å². The molecule has 0 aliphatic heterocycles. The average molecular weight is 452 g/mol. The maximum Gasteiger partial charge on any atom is 0.416 e. The van der Waals surface area contributed by atoms with Gasteiger partial charge in [-0.3, -0.25) is 9.59 Å². The third-order valence-electron chi connectivity index (χ3n) is 5.25. The zero-order valence-electron chi connectivity index (χ0n) is 18.8. The first-order chi connectivity index (χ1) is 14.9. The van der Waals surface area contributed by atoms with Gasteiger partial charge in [-0.25, -0.2) is 4.79 Å². The van der Waals surface area contributed by atoms with Gasteiger partial charge in [0.05, 0.1) is 18.7 Å². The number of ketones is 1. The summed E-state index contributed by atoms with van der Waals surface area (Å²) in [5.74, 6) is -1.44. The summed E-state index contributed by atoms with van der Waals surface area (Å²) in [6.45, 7) is 7.04. The van der Waals surface area contributed by atoms with Gasteiger partial charge in [0, 0.05) is 30.4 Å². The van der Waals surface area contributed by atoms with Crippen LogP contribution in [0.2, 0.25) is 0 Å². The molecule has 0 bridgehead atoms. The lowest BCUT2D eigenvalue weighted by Crippen LogP contribution is -2.36. The minimum absolute atomic E-state index is 0.0629. The topological polar surface area (TPSA) is 68.6 Å². The van der Waals surface area contributed by atoms with Gasteiger partial charge >= 0.3 is 12.1 Å². The predicted octanol–water partition coefficient (Wildman–Crippen LogP) is 4.57. The van der Waals surface area contributed by atoms with Gasteiger partial charge in [-0.2, -0.15) is 13.2 Å². The van der Waals surface area contributed by atoms with Crippen LogP contribution in [0.4, 0.5) is 13.2 Å². The summed E-state index contributed by atoms with van der Waals surface area (Å²) in [4.78, 5) is 39.6. The fourth-order valence-electron chi connectivity index (χ4n) is 3.64. The van der Waals surface area contributed by atoms with Gasteiger partial charge in [-0.05, 0) is 57.0 Å². The van der Waals surface area contributed by atoms with E-state index in [1.807, 2.05) is 6.92 Å². The molecule has 0 saturated heterocycles. The summed E-state index contributed by atoms with van der Waals surface area (Å²) < 4.78 is 45.1. The van der Waals surface area contributed by atoms with Crippen molar-refractivity contribution in [3.8, 4) is 0 Å². The van der Waals surface area contributed by atoms with Crippen molar-refractivity contribution < 1.29 is 32.3 Å². The second-order valence-electron chi connectivity index (χ2n) is 7.44. The first-order valence-corrected chi connectivity index (χ1v) is 10.3. The Labute approximate surface area is 185 Å². The monoisotopic (exact) mass is 452 g/mol. The number of hydrogen-bond acceptors (Lipinski definition) is 4. The summed E-state index contributed by atoms with van der Waals surface area (Å²) in [5.41, 5.74) is 0.837. The molecule has 0 radical (unpaired) electrons. The number of benzene rings is 1. The van der Waals surface area contributed by atoms with Crippen molar-refractivity contribution in [3.63, 3.8) is 0 Å². The Bertz CT molecular complexity index is 1010. The zero-order valence-corrected chi connectivity index (χ0v) is 18.8. The molecule has 0 N–H and O–H groups in total. The van der Waals surface area contributed by atoms with Crippen LogP contribution in [0.25, 0.3) is 0 Å². The van der Waals surface area contributed by atoms with Crippen molar-refractivity contribution in [3.05, 3.63) is 57.9 Å². The molecule has 0 unspecified atom stereocenters. The molecule has 9 heteroatoms. The molecule has 6 nitrogen and oxygen atoms in total. The molecular formula is C23H27F3N2O4. The minimum Gasteiger partial charge on any atom is -0.461 e. The van der Waals surface area contributed by atoms with Gasteiger partial charge < -0.3 is 14.2 Å². The van der Waals surface area contributed by atoms with E-state index in [1.54, 1.807) is 32.4 Å². The highest BCUT2D eigenvalue weighted by Gasteiger charge is 2.31. The number of ether oxygens (including phenoxy) is 1. The van der Waals surface area contributed by atoms with Gasteiger partial charge in [-0.15, -0.1) is 0 Å². The number of aromatic nitrogens is 1. The summed E-state index contributed by atoms with van der Waals surface area (Å²) in [6, 6.07) is 3.90. The molecule has 0 fully saturated rings. The number of hydrogen-bond donors (Lipinski definition) is 0. The molecule has 32 heavy (non-hydrogen) atoms. The van der Waals surface area contributed by atoms with E-state index in [-0.39, 0.29) is 36.7 Å². The number of alkyl halides is 3.